The molecule has 0 aromatic heterocycles. The number of anilines is 1. The minimum Gasteiger partial charge on any atom is -0.454 e. The van der Waals surface area contributed by atoms with E-state index >= 15 is 0 Å². The molecular formula is C27H33N3O5. The van der Waals surface area contributed by atoms with Crippen LogP contribution in [0.4, 0.5) is 5.69 Å². The molecule has 0 radical (unpaired) electrons. The molecule has 8 heteroatoms. The molecule has 1 atom stereocenters. The average Bonchev–Trinajstić information content (AvgIpc) is 2.86. The molecule has 2 aromatic rings. The van der Waals surface area contributed by atoms with Gasteiger partial charge in [-0.25, -0.2) is 4.79 Å². The van der Waals surface area contributed by atoms with E-state index in [0.29, 0.717) is 31.5 Å². The number of hydrogen-bond acceptors (Lipinski definition) is 5. The van der Waals surface area contributed by atoms with Gasteiger partial charge in [-0.2, -0.15) is 0 Å². The fraction of sp³-hybridized carbons (Fsp3) is 0.407. The molecular weight excluding hydrogens is 446 g/mol. The number of ether oxygens (including phenoxy) is 1. The molecule has 0 saturated carbocycles. The number of nitrogens with one attached hydrogen (secondary N) is 2. The van der Waals surface area contributed by atoms with Gasteiger partial charge in [0.05, 0.1) is 0 Å². The third-order valence-electron chi connectivity index (χ3n) is 6.19. The number of rotatable bonds is 8. The minimum atomic E-state index is -0.873. The molecule has 0 aliphatic carbocycles. The van der Waals surface area contributed by atoms with Crippen LogP contribution in [-0.2, 0) is 19.1 Å². The van der Waals surface area contributed by atoms with Crippen LogP contribution in [-0.4, -0.2) is 54.3 Å². The topological polar surface area (TPSA) is 105 Å². The summed E-state index contributed by atoms with van der Waals surface area (Å²) in [5.74, 6) is -1.77. The third-order valence-corrected chi connectivity index (χ3v) is 6.19. The highest BCUT2D eigenvalue weighted by Gasteiger charge is 2.30. The van der Waals surface area contributed by atoms with Gasteiger partial charge in [0.1, 0.15) is 6.04 Å². The smallest absolute Gasteiger partial charge is 0.329 e. The van der Waals surface area contributed by atoms with E-state index in [-0.39, 0.29) is 29.6 Å². The molecule has 2 N–H and O–H groups in total. The Morgan fingerprint density at radius 2 is 1.60 bits per heavy atom. The Labute approximate surface area is 206 Å². The first-order valence-electron chi connectivity index (χ1n) is 11.9. The first-order valence-corrected chi connectivity index (χ1v) is 11.9. The van der Waals surface area contributed by atoms with Crippen LogP contribution in [0.15, 0.2) is 54.6 Å². The Morgan fingerprint density at radius 1 is 0.971 bits per heavy atom. The van der Waals surface area contributed by atoms with E-state index < -0.39 is 18.6 Å². The van der Waals surface area contributed by atoms with Gasteiger partial charge < -0.3 is 20.3 Å². The highest BCUT2D eigenvalue weighted by Crippen LogP contribution is 2.20. The fourth-order valence-corrected chi connectivity index (χ4v) is 4.02. The van der Waals surface area contributed by atoms with Crippen LogP contribution in [0.5, 0.6) is 0 Å². The number of aryl methyl sites for hydroxylation is 1. The Kier molecular flexibility index (Phi) is 9.00. The number of amides is 3. The normalized spacial score (nSPS) is 14.8. The highest BCUT2D eigenvalue weighted by atomic mass is 16.5. The maximum Gasteiger partial charge on any atom is 0.329 e. The van der Waals surface area contributed by atoms with Gasteiger partial charge in [-0.3, -0.25) is 14.4 Å². The second kappa shape index (κ2) is 12.1. The van der Waals surface area contributed by atoms with Crippen molar-refractivity contribution in [2.24, 2.45) is 11.8 Å². The van der Waals surface area contributed by atoms with Crippen LogP contribution in [0.3, 0.4) is 0 Å². The molecule has 8 nitrogen and oxygen atoms in total. The van der Waals surface area contributed by atoms with Crippen LogP contribution < -0.4 is 10.6 Å². The van der Waals surface area contributed by atoms with Crippen LogP contribution >= 0.6 is 0 Å². The SMILES string of the molecule is Cc1ccccc1C(=O)N[C@H](C(=O)OCC(=O)N1CCC(C(=O)Nc2ccccc2)CC1)C(C)C. The van der Waals surface area contributed by atoms with Gasteiger partial charge in [0.15, 0.2) is 6.61 Å². The number of nitrogens with zero attached hydrogens (tertiary/aromatic N) is 1. The number of carbonyl (C=O) groups excluding carboxylic acids is 4. The molecule has 1 saturated heterocycles. The largest absolute Gasteiger partial charge is 0.454 e. The zero-order valence-corrected chi connectivity index (χ0v) is 20.5. The molecule has 1 aliphatic rings. The highest BCUT2D eigenvalue weighted by molar-refractivity contribution is 5.98. The number of carbonyl (C=O) groups is 4. The molecule has 0 spiro atoms. The lowest BCUT2D eigenvalue weighted by molar-refractivity contribution is -0.155. The van der Waals surface area contributed by atoms with E-state index in [1.165, 1.54) is 0 Å². The van der Waals surface area contributed by atoms with Gasteiger partial charge in [-0.05, 0) is 49.4 Å². The average molecular weight is 480 g/mol. The van der Waals surface area contributed by atoms with E-state index in [4.69, 9.17) is 4.74 Å². The molecule has 35 heavy (non-hydrogen) atoms. The number of hydrogen-bond donors (Lipinski definition) is 2. The quantitative estimate of drug-likeness (QED) is 0.566. The first-order chi connectivity index (χ1) is 16.8. The van der Waals surface area contributed by atoms with Crippen molar-refractivity contribution < 1.29 is 23.9 Å². The summed E-state index contributed by atoms with van der Waals surface area (Å²) in [6.45, 7) is 5.87. The predicted octanol–water partition coefficient (Wildman–Crippen LogP) is 3.17. The molecule has 3 amide bonds. The molecule has 0 unspecified atom stereocenters. The van der Waals surface area contributed by atoms with Crippen molar-refractivity contribution >= 4 is 29.4 Å². The van der Waals surface area contributed by atoms with E-state index in [1.807, 2.05) is 49.4 Å². The fourth-order valence-electron chi connectivity index (χ4n) is 4.02. The van der Waals surface area contributed by atoms with Crippen molar-refractivity contribution in [1.82, 2.24) is 10.2 Å². The lowest BCUT2D eigenvalue weighted by Crippen LogP contribution is -2.47. The second-order valence-corrected chi connectivity index (χ2v) is 9.13. The molecule has 1 aliphatic heterocycles. The summed E-state index contributed by atoms with van der Waals surface area (Å²) in [6.07, 6.45) is 1.08. The third kappa shape index (κ3) is 7.15. The zero-order valence-electron chi connectivity index (χ0n) is 20.5. The number of likely N-dealkylation sites (tertiary alicyclic amines) is 1. The summed E-state index contributed by atoms with van der Waals surface area (Å²) < 4.78 is 5.28. The van der Waals surface area contributed by atoms with Gasteiger partial charge in [-0.1, -0.05) is 50.2 Å². The number of para-hydroxylation sites is 1. The summed E-state index contributed by atoms with van der Waals surface area (Å²) in [5.41, 5.74) is 2.04. The standard InChI is InChI=1S/C27H33N3O5/c1-18(2)24(29-26(33)22-12-8-7-9-19(22)3)27(34)35-17-23(31)30-15-13-20(14-16-30)25(32)28-21-10-5-4-6-11-21/h4-12,18,20,24H,13-17H2,1-3H3,(H,28,32)(H,29,33)/t24-/m0/s1. The summed E-state index contributed by atoms with van der Waals surface area (Å²) >= 11 is 0. The Hall–Kier alpha value is -3.68. The van der Waals surface area contributed by atoms with Crippen LogP contribution in [0.2, 0.25) is 0 Å². The Bertz CT molecular complexity index is 1050. The minimum absolute atomic E-state index is 0.0566. The lowest BCUT2D eigenvalue weighted by Gasteiger charge is -2.31. The number of esters is 1. The number of benzene rings is 2. The van der Waals surface area contributed by atoms with Crippen molar-refractivity contribution in [3.05, 3.63) is 65.7 Å². The van der Waals surface area contributed by atoms with Crippen LogP contribution in [0.25, 0.3) is 0 Å². The van der Waals surface area contributed by atoms with Crippen LogP contribution in [0, 0.1) is 18.8 Å². The van der Waals surface area contributed by atoms with E-state index in [2.05, 4.69) is 10.6 Å². The molecule has 3 rings (SSSR count). The van der Waals surface area contributed by atoms with Gasteiger partial charge >= 0.3 is 5.97 Å². The maximum atomic E-state index is 12.7. The zero-order chi connectivity index (χ0) is 25.4. The summed E-state index contributed by atoms with van der Waals surface area (Å²) in [6, 6.07) is 15.5. The summed E-state index contributed by atoms with van der Waals surface area (Å²) in [4.78, 5) is 52.0. The van der Waals surface area contributed by atoms with Crippen molar-refractivity contribution in [2.75, 3.05) is 25.0 Å². The van der Waals surface area contributed by atoms with Crippen LogP contribution in [0.1, 0.15) is 42.6 Å². The first kappa shape index (κ1) is 25.9. The van der Waals surface area contributed by atoms with E-state index in [1.54, 1.807) is 30.9 Å². The number of piperidine rings is 1. The van der Waals surface area contributed by atoms with Gasteiger partial charge in [0.2, 0.25) is 5.91 Å². The molecule has 186 valence electrons. The van der Waals surface area contributed by atoms with Crippen molar-refractivity contribution in [3.63, 3.8) is 0 Å². The Balaban J connectivity index is 1.46. The van der Waals surface area contributed by atoms with Crippen molar-refractivity contribution in [2.45, 2.75) is 39.7 Å². The molecule has 2 aromatic carbocycles. The summed E-state index contributed by atoms with van der Waals surface area (Å²) in [5, 5.41) is 5.64. The Morgan fingerprint density at radius 3 is 2.23 bits per heavy atom. The maximum absolute atomic E-state index is 12.7. The van der Waals surface area contributed by atoms with Crippen molar-refractivity contribution in [1.29, 1.82) is 0 Å². The van der Waals surface area contributed by atoms with E-state index in [0.717, 1.165) is 11.3 Å². The van der Waals surface area contributed by atoms with E-state index in [9.17, 15) is 19.2 Å². The molecule has 1 fully saturated rings. The van der Waals surface area contributed by atoms with Gasteiger partial charge in [-0.15, -0.1) is 0 Å². The van der Waals surface area contributed by atoms with Crippen molar-refractivity contribution in [3.8, 4) is 0 Å². The molecule has 1 heterocycles. The summed E-state index contributed by atoms with van der Waals surface area (Å²) in [7, 11) is 0. The lowest BCUT2D eigenvalue weighted by atomic mass is 9.95. The molecule has 0 bridgehead atoms. The second-order valence-electron chi connectivity index (χ2n) is 9.13. The van der Waals surface area contributed by atoms with Gasteiger partial charge in [0.25, 0.3) is 11.8 Å². The van der Waals surface area contributed by atoms with Gasteiger partial charge in [0, 0.05) is 30.3 Å². The predicted molar refractivity (Wildman–Crippen MR) is 133 cm³/mol. The monoisotopic (exact) mass is 479 g/mol.